The van der Waals surface area contributed by atoms with E-state index in [4.69, 9.17) is 20.2 Å². The highest BCUT2D eigenvalue weighted by molar-refractivity contribution is 6.14. The van der Waals surface area contributed by atoms with Gasteiger partial charge in [0.2, 0.25) is 0 Å². The van der Waals surface area contributed by atoms with Crippen molar-refractivity contribution in [3.8, 4) is 0 Å². The zero-order valence-corrected chi connectivity index (χ0v) is 27.2. The van der Waals surface area contributed by atoms with E-state index in [-0.39, 0.29) is 12.5 Å². The van der Waals surface area contributed by atoms with E-state index in [1.165, 1.54) is 24.0 Å². The van der Waals surface area contributed by atoms with Crippen molar-refractivity contribution in [2.75, 3.05) is 18.9 Å². The summed E-state index contributed by atoms with van der Waals surface area (Å²) in [5.74, 6) is 0. The van der Waals surface area contributed by atoms with Crippen LogP contribution >= 0.6 is 0 Å². The monoisotopic (exact) mass is 626 g/mol. The molecule has 4 aromatic carbocycles. The smallest absolute Gasteiger partial charge is 0.150 e. The maximum Gasteiger partial charge on any atom is 0.150 e. The Balaban J connectivity index is 0.000000174. The fraction of sp³-hybridized carbons (Fsp3) is 0.308. The summed E-state index contributed by atoms with van der Waals surface area (Å²) in [6.45, 7) is 5.81. The van der Waals surface area contributed by atoms with Crippen molar-refractivity contribution in [1.82, 2.24) is 19.6 Å². The quantitative estimate of drug-likeness (QED) is 0.152. The van der Waals surface area contributed by atoms with Crippen LogP contribution in [0.3, 0.4) is 0 Å². The minimum atomic E-state index is 0.0117. The van der Waals surface area contributed by atoms with E-state index >= 15 is 0 Å². The summed E-state index contributed by atoms with van der Waals surface area (Å²) >= 11 is 0. The first-order valence-electron chi connectivity index (χ1n) is 16.7. The number of hydrogen-bond donors (Lipinski definition) is 1. The minimum absolute atomic E-state index is 0.0117. The molecule has 0 aliphatic carbocycles. The first-order valence-corrected chi connectivity index (χ1v) is 16.7. The maximum atomic E-state index is 5.99. The van der Waals surface area contributed by atoms with Crippen LogP contribution in [-0.4, -0.2) is 38.5 Å². The molecule has 6 aromatic rings. The van der Waals surface area contributed by atoms with E-state index in [2.05, 4.69) is 84.7 Å². The van der Waals surface area contributed by atoms with Gasteiger partial charge in [0.25, 0.3) is 0 Å². The number of nitrogens with two attached hydrogens (primary N) is 1. The molecule has 8 rings (SSSR count). The standard InChI is InChI=1S/C26H25N3O.C13H17N3O/c1-19-16-22(17-24-23(19)18-27-29(24)25-14-8-9-15-30-25)28-26(20-10-4-2-5-11-20)21-12-6-3-7-13-21;1-9-6-10(14)7-12-11(9)8-15-16(12)13-4-2-3-5-17-13/h2-7,10-13,16-18,25H,8-9,14-15H2,1H3;6-8,13H,2-5,14H2,1H3. The molecule has 8 nitrogen and oxygen atoms in total. The van der Waals surface area contributed by atoms with E-state index < -0.39 is 0 Å². The van der Waals surface area contributed by atoms with Crippen LogP contribution in [0.2, 0.25) is 0 Å². The van der Waals surface area contributed by atoms with Crippen molar-refractivity contribution in [3.63, 3.8) is 0 Å². The Bertz CT molecular complexity index is 1940. The number of aryl methyl sites for hydroxylation is 2. The molecule has 2 fully saturated rings. The Labute approximate surface area is 275 Å². The van der Waals surface area contributed by atoms with Gasteiger partial charge < -0.3 is 15.2 Å². The summed E-state index contributed by atoms with van der Waals surface area (Å²) in [4.78, 5) is 5.11. The number of nitrogen functional groups attached to an aromatic ring is 1. The Morgan fingerprint density at radius 2 is 1.19 bits per heavy atom. The number of ether oxygens (including phenoxy) is 2. The van der Waals surface area contributed by atoms with Crippen molar-refractivity contribution in [1.29, 1.82) is 0 Å². The summed E-state index contributed by atoms with van der Waals surface area (Å²) in [5, 5.41) is 11.4. The molecule has 0 spiro atoms. The number of benzene rings is 4. The highest BCUT2D eigenvalue weighted by atomic mass is 16.5. The number of hydrogen-bond acceptors (Lipinski definition) is 6. The van der Waals surface area contributed by atoms with Crippen LogP contribution in [0.15, 0.2) is 102 Å². The van der Waals surface area contributed by atoms with E-state index in [1.54, 1.807) is 0 Å². The second kappa shape index (κ2) is 13.9. The maximum absolute atomic E-state index is 5.99. The van der Waals surface area contributed by atoms with Crippen LogP contribution in [0.1, 0.15) is 73.2 Å². The summed E-state index contributed by atoms with van der Waals surface area (Å²) < 4.78 is 15.8. The topological polar surface area (TPSA) is 92.5 Å². The van der Waals surface area contributed by atoms with Gasteiger partial charge in [0.15, 0.2) is 12.5 Å². The van der Waals surface area contributed by atoms with Crippen molar-refractivity contribution >= 4 is 38.9 Å². The average molecular weight is 627 g/mol. The van der Waals surface area contributed by atoms with Crippen LogP contribution < -0.4 is 5.73 Å². The van der Waals surface area contributed by atoms with Gasteiger partial charge in [-0.15, -0.1) is 0 Å². The Morgan fingerprint density at radius 3 is 1.70 bits per heavy atom. The molecular weight excluding hydrogens is 584 g/mol. The van der Waals surface area contributed by atoms with Crippen LogP contribution in [0.5, 0.6) is 0 Å². The molecule has 0 saturated carbocycles. The first-order chi connectivity index (χ1) is 23.0. The molecule has 0 radical (unpaired) electrons. The van der Waals surface area contributed by atoms with Crippen LogP contribution in [-0.2, 0) is 9.47 Å². The molecule has 2 unspecified atom stereocenters. The Hall–Kier alpha value is -4.79. The predicted octanol–water partition coefficient (Wildman–Crippen LogP) is 8.84. The molecule has 0 amide bonds. The zero-order valence-electron chi connectivity index (χ0n) is 27.2. The van der Waals surface area contributed by atoms with Crippen molar-refractivity contribution in [2.24, 2.45) is 4.99 Å². The molecule has 2 saturated heterocycles. The van der Waals surface area contributed by atoms with Gasteiger partial charge in [0.05, 0.1) is 34.8 Å². The van der Waals surface area contributed by atoms with Crippen molar-refractivity contribution in [2.45, 2.75) is 64.8 Å². The molecule has 0 bridgehead atoms. The highest BCUT2D eigenvalue weighted by Gasteiger charge is 2.21. The molecule has 47 heavy (non-hydrogen) atoms. The molecular formula is C39H42N6O2. The SMILES string of the molecule is Cc1cc(N)cc2c1cnn2C1CCCCO1.Cc1cc(N=C(c2ccccc2)c2ccccc2)cc2c1cnn2C1CCCCO1. The van der Waals surface area contributed by atoms with Gasteiger partial charge in [0.1, 0.15) is 0 Å². The summed E-state index contributed by atoms with van der Waals surface area (Å²) in [6.07, 6.45) is 10.6. The van der Waals surface area contributed by atoms with Gasteiger partial charge in [0, 0.05) is 40.8 Å². The summed E-state index contributed by atoms with van der Waals surface area (Å²) in [5.41, 5.74) is 15.3. The van der Waals surface area contributed by atoms with Gasteiger partial charge in [-0.25, -0.2) is 14.4 Å². The lowest BCUT2D eigenvalue weighted by Crippen LogP contribution is -2.19. The molecule has 4 heterocycles. The fourth-order valence-corrected chi connectivity index (χ4v) is 6.62. The molecule has 2 atom stereocenters. The molecule has 2 N–H and O–H groups in total. The van der Waals surface area contributed by atoms with E-state index in [0.717, 1.165) is 88.9 Å². The molecule has 2 aromatic heterocycles. The minimum Gasteiger partial charge on any atom is -0.399 e. The normalized spacial score (nSPS) is 18.1. The van der Waals surface area contributed by atoms with Gasteiger partial charge in [-0.1, -0.05) is 60.7 Å². The number of rotatable bonds is 5. The lowest BCUT2D eigenvalue weighted by atomic mass is 10.0. The van der Waals surface area contributed by atoms with Gasteiger partial charge in [-0.2, -0.15) is 10.2 Å². The van der Waals surface area contributed by atoms with E-state index in [1.807, 2.05) is 46.0 Å². The average Bonchev–Trinajstić information content (AvgIpc) is 3.74. The third-order valence-electron chi connectivity index (χ3n) is 9.05. The predicted molar refractivity (Wildman–Crippen MR) is 189 cm³/mol. The molecule has 240 valence electrons. The van der Waals surface area contributed by atoms with Crippen molar-refractivity contribution < 1.29 is 9.47 Å². The third-order valence-corrected chi connectivity index (χ3v) is 9.05. The molecule has 2 aliphatic rings. The third kappa shape index (κ3) is 6.70. The summed E-state index contributed by atoms with van der Waals surface area (Å²) in [6, 6.07) is 29.0. The molecule has 2 aliphatic heterocycles. The first kappa shape index (κ1) is 30.8. The van der Waals surface area contributed by atoms with Crippen molar-refractivity contribution in [3.05, 3.63) is 120 Å². The molecule has 8 heteroatoms. The second-order valence-electron chi connectivity index (χ2n) is 12.5. The van der Waals surface area contributed by atoms with Crippen LogP contribution in [0.4, 0.5) is 11.4 Å². The second-order valence-corrected chi connectivity index (χ2v) is 12.5. The fourth-order valence-electron chi connectivity index (χ4n) is 6.62. The Kier molecular flexibility index (Phi) is 9.13. The lowest BCUT2D eigenvalue weighted by molar-refractivity contribution is -0.0367. The summed E-state index contributed by atoms with van der Waals surface area (Å²) in [7, 11) is 0. The van der Waals surface area contributed by atoms with E-state index in [9.17, 15) is 0 Å². The van der Waals surface area contributed by atoms with Gasteiger partial charge in [-0.05, 0) is 87.8 Å². The number of fused-ring (bicyclic) bond motifs is 2. The zero-order chi connectivity index (χ0) is 32.2. The largest absolute Gasteiger partial charge is 0.399 e. The van der Waals surface area contributed by atoms with Crippen LogP contribution in [0, 0.1) is 13.8 Å². The number of nitrogens with zero attached hydrogens (tertiary/aromatic N) is 5. The lowest BCUT2D eigenvalue weighted by Gasteiger charge is -2.23. The van der Waals surface area contributed by atoms with Gasteiger partial charge in [-0.3, -0.25) is 0 Å². The number of aromatic nitrogens is 4. The number of aliphatic imine (C=N–C) groups is 1. The van der Waals surface area contributed by atoms with Gasteiger partial charge >= 0.3 is 0 Å². The Morgan fingerprint density at radius 1 is 0.681 bits per heavy atom. The van der Waals surface area contributed by atoms with E-state index in [0.29, 0.717) is 0 Å². The highest BCUT2D eigenvalue weighted by Crippen LogP contribution is 2.32. The van der Waals surface area contributed by atoms with Crippen LogP contribution in [0.25, 0.3) is 21.8 Å². The number of anilines is 1.